The molecule has 0 spiro atoms. The van der Waals surface area contributed by atoms with E-state index in [2.05, 4.69) is 39.3 Å². The second-order valence-electron chi connectivity index (χ2n) is 6.52. The van der Waals surface area contributed by atoms with E-state index in [0.717, 1.165) is 35.7 Å². The fraction of sp³-hybridized carbons (Fsp3) is 0.217. The van der Waals surface area contributed by atoms with Crippen LogP contribution >= 0.6 is 0 Å². The van der Waals surface area contributed by atoms with E-state index >= 15 is 0 Å². The molecule has 0 aliphatic carbocycles. The molecule has 6 nitrogen and oxygen atoms in total. The Morgan fingerprint density at radius 1 is 1.00 bits per heavy atom. The Morgan fingerprint density at radius 2 is 1.76 bits per heavy atom. The first kappa shape index (κ1) is 20.2. The van der Waals surface area contributed by atoms with Crippen molar-refractivity contribution in [3.05, 3.63) is 66.9 Å². The quantitative estimate of drug-likeness (QED) is 0.508. The van der Waals surface area contributed by atoms with Gasteiger partial charge in [0.1, 0.15) is 5.69 Å². The number of carbonyl (C=O) groups is 1. The van der Waals surface area contributed by atoms with E-state index in [9.17, 15) is 4.79 Å². The lowest BCUT2D eigenvalue weighted by molar-refractivity contribution is -0.114. The van der Waals surface area contributed by atoms with Gasteiger partial charge in [0.25, 0.3) is 0 Å². The number of nitrogens with zero attached hydrogens (tertiary/aromatic N) is 4. The molecule has 0 saturated heterocycles. The van der Waals surface area contributed by atoms with Crippen molar-refractivity contribution in [2.24, 2.45) is 10.2 Å². The summed E-state index contributed by atoms with van der Waals surface area (Å²) in [5.74, 6) is -0.141. The number of pyridine rings is 1. The van der Waals surface area contributed by atoms with Gasteiger partial charge in [0.05, 0.1) is 17.1 Å². The second kappa shape index (κ2) is 9.59. The Labute approximate surface area is 171 Å². The minimum atomic E-state index is -0.141. The van der Waals surface area contributed by atoms with Crippen molar-refractivity contribution in [2.75, 3.05) is 23.3 Å². The van der Waals surface area contributed by atoms with Crippen LogP contribution in [0.15, 0.2) is 77.1 Å². The summed E-state index contributed by atoms with van der Waals surface area (Å²) in [7, 11) is 0. The van der Waals surface area contributed by atoms with Crippen LogP contribution in [0, 0.1) is 0 Å². The number of hydrogen-bond acceptors (Lipinski definition) is 5. The summed E-state index contributed by atoms with van der Waals surface area (Å²) in [6, 6.07) is 19.4. The molecule has 1 N–H and O–H groups in total. The average Bonchev–Trinajstić information content (AvgIpc) is 2.75. The third-order valence-corrected chi connectivity index (χ3v) is 4.52. The molecule has 0 radical (unpaired) electrons. The van der Waals surface area contributed by atoms with Crippen molar-refractivity contribution in [3.63, 3.8) is 0 Å². The molecule has 29 heavy (non-hydrogen) atoms. The Kier molecular flexibility index (Phi) is 6.68. The highest BCUT2D eigenvalue weighted by Crippen LogP contribution is 2.32. The molecule has 0 aliphatic rings. The summed E-state index contributed by atoms with van der Waals surface area (Å²) in [5, 5.41) is 11.5. The number of rotatable bonds is 7. The maximum absolute atomic E-state index is 11.6. The lowest BCUT2D eigenvalue weighted by Crippen LogP contribution is -2.21. The zero-order valence-corrected chi connectivity index (χ0v) is 17.0. The lowest BCUT2D eigenvalue weighted by atomic mass is 10.1. The molecular weight excluding hydrogens is 362 g/mol. The Morgan fingerprint density at radius 3 is 2.38 bits per heavy atom. The monoisotopic (exact) mass is 387 g/mol. The summed E-state index contributed by atoms with van der Waals surface area (Å²) >= 11 is 0. The number of carbonyl (C=O) groups excluding carboxylic acids is 1. The minimum Gasteiger partial charge on any atom is -0.372 e. The van der Waals surface area contributed by atoms with Crippen LogP contribution in [0.2, 0.25) is 0 Å². The molecule has 0 unspecified atom stereocenters. The van der Waals surface area contributed by atoms with Crippen LogP contribution in [-0.4, -0.2) is 24.0 Å². The molecule has 148 valence electrons. The lowest BCUT2D eigenvalue weighted by Gasteiger charge is -2.22. The van der Waals surface area contributed by atoms with E-state index in [1.807, 2.05) is 60.7 Å². The second-order valence-corrected chi connectivity index (χ2v) is 6.52. The average molecular weight is 387 g/mol. The van der Waals surface area contributed by atoms with Gasteiger partial charge >= 0.3 is 0 Å². The molecule has 3 rings (SSSR count). The number of hydrogen-bond donors (Lipinski definition) is 1. The highest BCUT2D eigenvalue weighted by molar-refractivity contribution is 5.93. The van der Waals surface area contributed by atoms with Gasteiger partial charge in [-0.3, -0.25) is 9.78 Å². The van der Waals surface area contributed by atoms with E-state index in [-0.39, 0.29) is 5.91 Å². The van der Waals surface area contributed by atoms with Crippen molar-refractivity contribution >= 4 is 28.7 Å². The van der Waals surface area contributed by atoms with Crippen molar-refractivity contribution in [1.29, 1.82) is 0 Å². The fourth-order valence-corrected chi connectivity index (χ4v) is 3.03. The maximum atomic E-state index is 11.6. The van der Waals surface area contributed by atoms with Crippen LogP contribution in [0.1, 0.15) is 20.8 Å². The number of aromatic nitrogens is 1. The van der Waals surface area contributed by atoms with Crippen molar-refractivity contribution in [2.45, 2.75) is 20.8 Å². The van der Waals surface area contributed by atoms with Gasteiger partial charge in [-0.1, -0.05) is 18.2 Å². The molecule has 3 aromatic rings. The van der Waals surface area contributed by atoms with Crippen LogP contribution in [0.5, 0.6) is 0 Å². The number of amides is 1. The molecule has 1 amide bonds. The molecular formula is C23H25N5O. The van der Waals surface area contributed by atoms with Gasteiger partial charge in [0.15, 0.2) is 0 Å². The number of anilines is 2. The summed E-state index contributed by atoms with van der Waals surface area (Å²) in [5.41, 5.74) is 4.97. The van der Waals surface area contributed by atoms with E-state index in [1.54, 1.807) is 6.20 Å². The highest BCUT2D eigenvalue weighted by atomic mass is 16.1. The third kappa shape index (κ3) is 5.25. The van der Waals surface area contributed by atoms with Gasteiger partial charge < -0.3 is 10.2 Å². The zero-order valence-electron chi connectivity index (χ0n) is 17.0. The number of benzene rings is 2. The van der Waals surface area contributed by atoms with Crippen LogP contribution in [0.4, 0.5) is 22.7 Å². The fourth-order valence-electron chi connectivity index (χ4n) is 3.03. The predicted molar refractivity (Wildman–Crippen MR) is 118 cm³/mol. The van der Waals surface area contributed by atoms with Gasteiger partial charge in [-0.2, -0.15) is 5.11 Å². The zero-order chi connectivity index (χ0) is 20.6. The van der Waals surface area contributed by atoms with E-state index in [0.29, 0.717) is 11.4 Å². The molecule has 0 fully saturated rings. The van der Waals surface area contributed by atoms with Gasteiger partial charge in [0, 0.05) is 37.5 Å². The maximum Gasteiger partial charge on any atom is 0.221 e. The number of nitrogens with one attached hydrogen (secondary N) is 1. The molecule has 1 aromatic heterocycles. The SMILES string of the molecule is CCN(CC)c1ccc(N=Nc2ccc(-c3ccccn3)cc2)c(NC(C)=O)c1. The van der Waals surface area contributed by atoms with Crippen molar-refractivity contribution in [3.8, 4) is 11.3 Å². The molecule has 6 heteroatoms. The van der Waals surface area contributed by atoms with Gasteiger partial charge in [-0.05, 0) is 56.3 Å². The first-order chi connectivity index (χ1) is 14.1. The van der Waals surface area contributed by atoms with E-state index in [1.165, 1.54) is 6.92 Å². The summed E-state index contributed by atoms with van der Waals surface area (Å²) in [6.07, 6.45) is 1.77. The number of azo groups is 1. The van der Waals surface area contributed by atoms with Gasteiger partial charge in [0.2, 0.25) is 5.91 Å². The van der Waals surface area contributed by atoms with Crippen LogP contribution in [0.3, 0.4) is 0 Å². The summed E-state index contributed by atoms with van der Waals surface area (Å²) in [4.78, 5) is 18.2. The van der Waals surface area contributed by atoms with Gasteiger partial charge in [-0.25, -0.2) is 0 Å². The molecule has 0 saturated carbocycles. The molecule has 0 atom stereocenters. The Balaban J connectivity index is 1.84. The topological polar surface area (TPSA) is 70.0 Å². The Hall–Kier alpha value is -3.54. The first-order valence-corrected chi connectivity index (χ1v) is 9.70. The van der Waals surface area contributed by atoms with Crippen LogP contribution in [-0.2, 0) is 4.79 Å². The minimum absolute atomic E-state index is 0.141. The third-order valence-electron chi connectivity index (χ3n) is 4.52. The highest BCUT2D eigenvalue weighted by Gasteiger charge is 2.09. The standard InChI is InChI=1S/C23H25N5O/c1-4-28(5-2)20-13-14-22(23(16-20)25-17(3)29)27-26-19-11-9-18(10-12-19)21-8-6-7-15-24-21/h6-16H,4-5H2,1-3H3,(H,25,29). The summed E-state index contributed by atoms with van der Waals surface area (Å²) < 4.78 is 0. The van der Waals surface area contributed by atoms with E-state index in [4.69, 9.17) is 0 Å². The van der Waals surface area contributed by atoms with Crippen LogP contribution in [0.25, 0.3) is 11.3 Å². The summed E-state index contributed by atoms with van der Waals surface area (Å²) in [6.45, 7) is 7.47. The molecule has 1 heterocycles. The molecule has 0 aliphatic heterocycles. The van der Waals surface area contributed by atoms with E-state index < -0.39 is 0 Å². The van der Waals surface area contributed by atoms with Gasteiger partial charge in [-0.15, -0.1) is 5.11 Å². The normalized spacial score (nSPS) is 10.9. The smallest absolute Gasteiger partial charge is 0.221 e. The molecule has 2 aromatic carbocycles. The predicted octanol–water partition coefficient (Wildman–Crippen LogP) is 5.97. The Bertz CT molecular complexity index is 980. The van der Waals surface area contributed by atoms with Crippen molar-refractivity contribution < 1.29 is 4.79 Å². The molecule has 0 bridgehead atoms. The largest absolute Gasteiger partial charge is 0.372 e. The first-order valence-electron chi connectivity index (χ1n) is 9.70. The van der Waals surface area contributed by atoms with Crippen molar-refractivity contribution in [1.82, 2.24) is 4.98 Å². The van der Waals surface area contributed by atoms with Crippen LogP contribution < -0.4 is 10.2 Å².